The number of halogens is 2. The van der Waals surface area contributed by atoms with Crippen molar-refractivity contribution in [1.82, 2.24) is 0 Å². The molecule has 0 saturated heterocycles. The van der Waals surface area contributed by atoms with Crippen LogP contribution in [0, 0.1) is 0 Å². The van der Waals surface area contributed by atoms with Crippen molar-refractivity contribution < 1.29 is 9.53 Å². The lowest BCUT2D eigenvalue weighted by Crippen LogP contribution is -1.94. The van der Waals surface area contributed by atoms with Gasteiger partial charge in [0.2, 0.25) is 4.69 Å². The maximum absolute atomic E-state index is 11.0. The third-order valence-electron chi connectivity index (χ3n) is 1.37. The van der Waals surface area contributed by atoms with Gasteiger partial charge in [0, 0.05) is 5.02 Å². The summed E-state index contributed by atoms with van der Waals surface area (Å²) >= 11 is 8.52. The zero-order chi connectivity index (χ0) is 9.14. The molecular formula is C8H6BrClO2. The molecule has 0 unspecified atom stereocenters. The molecule has 0 saturated carbocycles. The number of methoxy groups -OCH3 is 1. The minimum absolute atomic E-state index is 0.234. The van der Waals surface area contributed by atoms with Crippen LogP contribution < -0.4 is 4.74 Å². The molecule has 0 bridgehead atoms. The molecule has 2 nitrogen and oxygen atoms in total. The van der Waals surface area contributed by atoms with E-state index in [1.165, 1.54) is 7.11 Å². The van der Waals surface area contributed by atoms with E-state index in [2.05, 4.69) is 15.9 Å². The highest BCUT2D eigenvalue weighted by Crippen LogP contribution is 2.24. The average Bonchev–Trinajstić information content (AvgIpc) is 2.04. The summed E-state index contributed by atoms with van der Waals surface area (Å²) in [5, 5.41) is 0.513. The van der Waals surface area contributed by atoms with Crippen LogP contribution in [0.25, 0.3) is 0 Å². The van der Waals surface area contributed by atoms with Gasteiger partial charge in [-0.25, -0.2) is 0 Å². The number of ether oxygens (including phenoxy) is 1. The molecule has 0 atom stereocenters. The fraction of sp³-hybridized carbons (Fsp3) is 0.125. The summed E-state index contributed by atoms with van der Waals surface area (Å²) in [7, 11) is 1.50. The number of hydrogen-bond donors (Lipinski definition) is 0. The van der Waals surface area contributed by atoms with E-state index in [1.807, 2.05) is 0 Å². The van der Waals surface area contributed by atoms with Gasteiger partial charge in [-0.1, -0.05) is 11.6 Å². The largest absolute Gasteiger partial charge is 0.496 e. The van der Waals surface area contributed by atoms with Crippen molar-refractivity contribution in [3.8, 4) is 5.75 Å². The van der Waals surface area contributed by atoms with E-state index >= 15 is 0 Å². The molecule has 4 heteroatoms. The van der Waals surface area contributed by atoms with Crippen LogP contribution in [0.4, 0.5) is 0 Å². The van der Waals surface area contributed by atoms with Crippen molar-refractivity contribution in [2.24, 2.45) is 0 Å². The number of benzene rings is 1. The second-order valence-electron chi connectivity index (χ2n) is 2.12. The molecule has 0 amide bonds. The van der Waals surface area contributed by atoms with Gasteiger partial charge in [0.05, 0.1) is 12.7 Å². The maximum Gasteiger partial charge on any atom is 0.231 e. The van der Waals surface area contributed by atoms with Gasteiger partial charge >= 0.3 is 0 Å². The third-order valence-corrected chi connectivity index (χ3v) is 2.04. The van der Waals surface area contributed by atoms with Gasteiger partial charge in [-0.15, -0.1) is 0 Å². The van der Waals surface area contributed by atoms with Crippen molar-refractivity contribution in [2.75, 3.05) is 7.11 Å². The van der Waals surface area contributed by atoms with Crippen LogP contribution in [0.2, 0.25) is 5.02 Å². The molecule has 1 aromatic carbocycles. The van der Waals surface area contributed by atoms with Gasteiger partial charge in [-0.05, 0) is 34.1 Å². The van der Waals surface area contributed by atoms with Crippen LogP contribution in [0.5, 0.6) is 5.75 Å². The molecule has 0 heterocycles. The number of carbonyl (C=O) groups excluding carboxylic acids is 1. The van der Waals surface area contributed by atoms with E-state index in [0.717, 1.165) is 0 Å². The zero-order valence-electron chi connectivity index (χ0n) is 6.30. The monoisotopic (exact) mass is 248 g/mol. The molecule has 1 aromatic rings. The summed E-state index contributed by atoms with van der Waals surface area (Å²) in [5.41, 5.74) is 0.435. The van der Waals surface area contributed by atoms with Crippen LogP contribution in [0.3, 0.4) is 0 Å². The SMILES string of the molecule is COc1ccc(Cl)cc1C(=O)Br. The Morgan fingerprint density at radius 1 is 1.58 bits per heavy atom. The number of carbonyl (C=O) groups is 1. The van der Waals surface area contributed by atoms with Crippen LogP contribution in [-0.4, -0.2) is 11.8 Å². The molecule has 0 aliphatic carbocycles. The summed E-state index contributed by atoms with van der Waals surface area (Å²) in [6.07, 6.45) is 0. The molecule has 0 aliphatic heterocycles. The predicted molar refractivity (Wildman–Crippen MR) is 51.3 cm³/mol. The maximum atomic E-state index is 11.0. The first kappa shape index (κ1) is 9.55. The Morgan fingerprint density at radius 2 is 2.25 bits per heavy atom. The van der Waals surface area contributed by atoms with E-state index in [4.69, 9.17) is 16.3 Å². The van der Waals surface area contributed by atoms with E-state index in [0.29, 0.717) is 16.3 Å². The molecule has 0 radical (unpaired) electrons. The van der Waals surface area contributed by atoms with Crippen molar-refractivity contribution in [3.05, 3.63) is 28.8 Å². The van der Waals surface area contributed by atoms with Gasteiger partial charge in [-0.2, -0.15) is 0 Å². The molecule has 0 fully saturated rings. The summed E-state index contributed by atoms with van der Waals surface area (Å²) in [6, 6.07) is 4.87. The smallest absolute Gasteiger partial charge is 0.231 e. The highest BCUT2D eigenvalue weighted by molar-refractivity contribution is 9.18. The second-order valence-corrected chi connectivity index (χ2v) is 3.27. The average molecular weight is 249 g/mol. The van der Waals surface area contributed by atoms with E-state index in [9.17, 15) is 4.79 Å². The first-order valence-corrected chi connectivity index (χ1v) is 4.35. The van der Waals surface area contributed by atoms with Crippen LogP contribution in [0.15, 0.2) is 18.2 Å². The lowest BCUT2D eigenvalue weighted by atomic mass is 10.2. The van der Waals surface area contributed by atoms with Gasteiger partial charge < -0.3 is 4.74 Å². The Morgan fingerprint density at radius 3 is 2.75 bits per heavy atom. The normalized spacial score (nSPS) is 9.58. The molecular weight excluding hydrogens is 243 g/mol. The number of hydrogen-bond acceptors (Lipinski definition) is 2. The second kappa shape index (κ2) is 3.92. The fourth-order valence-electron chi connectivity index (χ4n) is 0.834. The molecule has 64 valence electrons. The van der Waals surface area contributed by atoms with Crippen molar-refractivity contribution in [3.63, 3.8) is 0 Å². The predicted octanol–water partition coefficient (Wildman–Crippen LogP) is 2.88. The lowest BCUT2D eigenvalue weighted by Gasteiger charge is -2.03. The van der Waals surface area contributed by atoms with Crippen molar-refractivity contribution in [1.29, 1.82) is 0 Å². The number of rotatable bonds is 2. The molecule has 1 rings (SSSR count). The lowest BCUT2D eigenvalue weighted by molar-refractivity contribution is 0.109. The molecule has 12 heavy (non-hydrogen) atoms. The minimum atomic E-state index is -0.234. The molecule has 0 aliphatic rings. The van der Waals surface area contributed by atoms with E-state index in [1.54, 1.807) is 18.2 Å². The summed E-state index contributed by atoms with van der Waals surface area (Å²) in [5.74, 6) is 0.515. The third kappa shape index (κ3) is 1.99. The quantitative estimate of drug-likeness (QED) is 0.753. The molecule has 0 N–H and O–H groups in total. The van der Waals surface area contributed by atoms with E-state index in [-0.39, 0.29) is 4.69 Å². The molecule has 0 aromatic heterocycles. The highest BCUT2D eigenvalue weighted by Gasteiger charge is 2.08. The summed E-state index contributed by atoms with van der Waals surface area (Å²) in [6.45, 7) is 0. The Labute approximate surface area is 83.6 Å². The van der Waals surface area contributed by atoms with Crippen molar-refractivity contribution in [2.45, 2.75) is 0 Å². The van der Waals surface area contributed by atoms with Gasteiger partial charge in [-0.3, -0.25) is 4.79 Å². The van der Waals surface area contributed by atoms with Crippen LogP contribution >= 0.6 is 27.5 Å². The first-order valence-electron chi connectivity index (χ1n) is 3.18. The fourth-order valence-corrected chi connectivity index (χ4v) is 1.32. The summed E-state index contributed by atoms with van der Waals surface area (Å²) in [4.78, 5) is 11.0. The Kier molecular flexibility index (Phi) is 3.12. The van der Waals surface area contributed by atoms with Gasteiger partial charge in [0.1, 0.15) is 5.75 Å². The van der Waals surface area contributed by atoms with Gasteiger partial charge in [0.25, 0.3) is 0 Å². The topological polar surface area (TPSA) is 26.3 Å². The van der Waals surface area contributed by atoms with E-state index < -0.39 is 0 Å². The van der Waals surface area contributed by atoms with Crippen molar-refractivity contribution >= 4 is 32.2 Å². The standard InChI is InChI=1S/C8H6BrClO2/c1-12-7-3-2-5(10)4-6(7)8(9)11/h2-4H,1H3. The van der Waals surface area contributed by atoms with Crippen LogP contribution in [-0.2, 0) is 0 Å². The Bertz CT molecular complexity index is 312. The highest BCUT2D eigenvalue weighted by atomic mass is 79.9. The Hall–Kier alpha value is -0.540. The minimum Gasteiger partial charge on any atom is -0.496 e. The first-order chi connectivity index (χ1) is 5.65. The zero-order valence-corrected chi connectivity index (χ0v) is 8.65. The molecule has 0 spiro atoms. The summed E-state index contributed by atoms with van der Waals surface area (Å²) < 4.78 is 4.72. The van der Waals surface area contributed by atoms with Crippen LogP contribution in [0.1, 0.15) is 10.4 Å². The Balaban J connectivity index is 3.21. The van der Waals surface area contributed by atoms with Gasteiger partial charge in [0.15, 0.2) is 0 Å².